The van der Waals surface area contributed by atoms with Gasteiger partial charge in [-0.1, -0.05) is 38.2 Å². The summed E-state index contributed by atoms with van der Waals surface area (Å²) in [4.78, 5) is 28.7. The second-order valence-electron chi connectivity index (χ2n) is 6.88. The molecule has 1 aromatic carbocycles. The van der Waals surface area contributed by atoms with E-state index in [2.05, 4.69) is 27.8 Å². The molecular formula is C17H23N3O2S. The van der Waals surface area contributed by atoms with Crippen LogP contribution in [-0.2, 0) is 9.59 Å². The van der Waals surface area contributed by atoms with E-state index in [1.165, 1.54) is 16.9 Å². The minimum absolute atomic E-state index is 0.157. The third-order valence-electron chi connectivity index (χ3n) is 3.48. The van der Waals surface area contributed by atoms with Crippen LogP contribution in [0.15, 0.2) is 12.1 Å². The van der Waals surface area contributed by atoms with Crippen LogP contribution >= 0.6 is 11.3 Å². The summed E-state index contributed by atoms with van der Waals surface area (Å²) in [7, 11) is 0. The molecule has 5 nitrogen and oxygen atoms in total. The van der Waals surface area contributed by atoms with Crippen molar-refractivity contribution in [1.29, 1.82) is 0 Å². The molecule has 2 amide bonds. The molecular weight excluding hydrogens is 310 g/mol. The Hall–Kier alpha value is -1.95. The second kappa shape index (κ2) is 6.28. The summed E-state index contributed by atoms with van der Waals surface area (Å²) in [5, 5.41) is 6.06. The van der Waals surface area contributed by atoms with Gasteiger partial charge in [0.15, 0.2) is 5.13 Å². The molecule has 0 fully saturated rings. The maximum atomic E-state index is 12.2. The summed E-state index contributed by atoms with van der Waals surface area (Å²) in [6.07, 6.45) is 0. The summed E-state index contributed by atoms with van der Waals surface area (Å²) in [6.45, 7) is 11.1. The Morgan fingerprint density at radius 2 is 1.87 bits per heavy atom. The summed E-state index contributed by atoms with van der Waals surface area (Å²) in [5.74, 6) is -0.424. The van der Waals surface area contributed by atoms with E-state index in [1.807, 2.05) is 34.6 Å². The van der Waals surface area contributed by atoms with Crippen LogP contribution in [0.2, 0.25) is 0 Å². The number of fused-ring (bicyclic) bond motifs is 1. The van der Waals surface area contributed by atoms with Crippen LogP contribution in [0.4, 0.5) is 5.13 Å². The van der Waals surface area contributed by atoms with Crippen molar-refractivity contribution >= 4 is 38.5 Å². The van der Waals surface area contributed by atoms with Crippen molar-refractivity contribution < 1.29 is 9.59 Å². The van der Waals surface area contributed by atoms with Crippen LogP contribution in [0, 0.1) is 19.3 Å². The molecule has 2 N–H and O–H groups in total. The fourth-order valence-electron chi connectivity index (χ4n) is 2.12. The van der Waals surface area contributed by atoms with Crippen LogP contribution in [0.1, 0.15) is 38.8 Å². The zero-order chi connectivity index (χ0) is 17.4. The number of anilines is 1. The molecule has 1 aromatic heterocycles. The zero-order valence-corrected chi connectivity index (χ0v) is 15.2. The Morgan fingerprint density at radius 1 is 1.22 bits per heavy atom. The monoisotopic (exact) mass is 333 g/mol. The van der Waals surface area contributed by atoms with Crippen LogP contribution in [0.3, 0.4) is 0 Å². The van der Waals surface area contributed by atoms with Gasteiger partial charge in [0, 0.05) is 5.41 Å². The number of hydrogen-bond donors (Lipinski definition) is 2. The van der Waals surface area contributed by atoms with Gasteiger partial charge in [-0.25, -0.2) is 4.98 Å². The number of nitrogens with one attached hydrogen (secondary N) is 2. The van der Waals surface area contributed by atoms with E-state index in [1.54, 1.807) is 6.92 Å². The van der Waals surface area contributed by atoms with Gasteiger partial charge in [0.05, 0.1) is 10.2 Å². The van der Waals surface area contributed by atoms with Gasteiger partial charge >= 0.3 is 0 Å². The van der Waals surface area contributed by atoms with Crippen molar-refractivity contribution in [1.82, 2.24) is 10.3 Å². The van der Waals surface area contributed by atoms with Crippen molar-refractivity contribution in [3.8, 4) is 0 Å². The number of thiazole rings is 1. The Morgan fingerprint density at radius 3 is 2.48 bits per heavy atom. The number of hydrogen-bond acceptors (Lipinski definition) is 4. The minimum atomic E-state index is -0.614. The van der Waals surface area contributed by atoms with E-state index < -0.39 is 11.5 Å². The maximum Gasteiger partial charge on any atom is 0.248 e. The first-order chi connectivity index (χ1) is 10.6. The molecule has 1 heterocycles. The summed E-state index contributed by atoms with van der Waals surface area (Å²) in [6, 6.07) is 3.51. The first-order valence-corrected chi connectivity index (χ1v) is 8.39. The third-order valence-corrected chi connectivity index (χ3v) is 4.40. The Labute approximate surface area is 140 Å². The summed E-state index contributed by atoms with van der Waals surface area (Å²) >= 11 is 1.44. The van der Waals surface area contributed by atoms with Crippen LogP contribution in [0.25, 0.3) is 10.2 Å². The van der Waals surface area contributed by atoms with Crippen molar-refractivity contribution in [2.45, 2.75) is 47.6 Å². The first kappa shape index (κ1) is 17.4. The lowest BCUT2D eigenvalue weighted by atomic mass is 9.95. The third kappa shape index (κ3) is 4.07. The van der Waals surface area contributed by atoms with Gasteiger partial charge in [-0.05, 0) is 38.0 Å². The highest BCUT2D eigenvalue weighted by atomic mass is 32.1. The molecule has 0 spiro atoms. The topological polar surface area (TPSA) is 71.1 Å². The largest absolute Gasteiger partial charge is 0.344 e. The van der Waals surface area contributed by atoms with Crippen LogP contribution in [0.5, 0.6) is 0 Å². The van der Waals surface area contributed by atoms with E-state index in [4.69, 9.17) is 0 Å². The van der Waals surface area contributed by atoms with Crippen LogP contribution in [-0.4, -0.2) is 22.8 Å². The van der Waals surface area contributed by atoms with Gasteiger partial charge in [-0.15, -0.1) is 0 Å². The molecule has 6 heteroatoms. The van der Waals surface area contributed by atoms with Gasteiger partial charge in [0.2, 0.25) is 11.8 Å². The number of amides is 2. The smallest absolute Gasteiger partial charge is 0.248 e. The molecule has 0 aliphatic heterocycles. The predicted octanol–water partition coefficient (Wildman–Crippen LogP) is 3.40. The van der Waals surface area contributed by atoms with E-state index in [9.17, 15) is 9.59 Å². The molecule has 2 aromatic rings. The van der Waals surface area contributed by atoms with Crippen molar-refractivity contribution in [3.05, 3.63) is 23.3 Å². The molecule has 0 saturated heterocycles. The molecule has 0 aliphatic rings. The Bertz CT molecular complexity index is 759. The van der Waals surface area contributed by atoms with Gasteiger partial charge in [-0.2, -0.15) is 0 Å². The lowest BCUT2D eigenvalue weighted by molar-refractivity contribution is -0.131. The zero-order valence-electron chi connectivity index (χ0n) is 14.4. The van der Waals surface area contributed by atoms with Crippen molar-refractivity contribution in [3.63, 3.8) is 0 Å². The summed E-state index contributed by atoms with van der Waals surface area (Å²) < 4.78 is 1.05. The van der Waals surface area contributed by atoms with E-state index >= 15 is 0 Å². The predicted molar refractivity (Wildman–Crippen MR) is 94.8 cm³/mol. The molecule has 0 saturated carbocycles. The second-order valence-corrected chi connectivity index (χ2v) is 7.91. The van der Waals surface area contributed by atoms with Crippen molar-refractivity contribution in [2.24, 2.45) is 5.41 Å². The number of benzene rings is 1. The number of aryl methyl sites for hydroxylation is 2. The molecule has 1 atom stereocenters. The lowest BCUT2D eigenvalue weighted by Crippen LogP contribution is -2.46. The molecule has 0 radical (unpaired) electrons. The van der Waals surface area contributed by atoms with Gasteiger partial charge in [0.1, 0.15) is 6.04 Å². The molecule has 124 valence electrons. The number of nitrogens with zero attached hydrogens (tertiary/aromatic N) is 1. The quantitative estimate of drug-likeness (QED) is 0.904. The summed E-state index contributed by atoms with van der Waals surface area (Å²) in [5.41, 5.74) is 2.63. The number of carbonyl (C=O) groups is 2. The SMILES string of the molecule is Cc1cc(C)c2nc(NC(=O)C(C)NC(=O)C(C)(C)C)sc2c1. The number of aromatic nitrogens is 1. The molecule has 2 rings (SSSR count). The fraction of sp³-hybridized carbons (Fsp3) is 0.471. The average molecular weight is 333 g/mol. The Balaban J connectivity index is 2.11. The van der Waals surface area contributed by atoms with Crippen LogP contribution < -0.4 is 10.6 Å². The first-order valence-electron chi connectivity index (χ1n) is 7.57. The molecule has 1 unspecified atom stereocenters. The highest BCUT2D eigenvalue weighted by Crippen LogP contribution is 2.29. The highest BCUT2D eigenvalue weighted by Gasteiger charge is 2.25. The van der Waals surface area contributed by atoms with Gasteiger partial charge in [0.25, 0.3) is 0 Å². The van der Waals surface area contributed by atoms with Gasteiger partial charge in [-0.3, -0.25) is 9.59 Å². The van der Waals surface area contributed by atoms with E-state index in [0.717, 1.165) is 15.8 Å². The minimum Gasteiger partial charge on any atom is -0.344 e. The van der Waals surface area contributed by atoms with Crippen molar-refractivity contribution in [2.75, 3.05) is 5.32 Å². The molecule has 0 aliphatic carbocycles. The number of carbonyl (C=O) groups excluding carboxylic acids is 2. The maximum absolute atomic E-state index is 12.2. The number of rotatable bonds is 3. The Kier molecular flexibility index (Phi) is 4.75. The molecule has 23 heavy (non-hydrogen) atoms. The standard InChI is InChI=1S/C17H23N3O2S/c1-9-7-10(2)13-12(8-9)23-16(19-13)20-14(21)11(3)18-15(22)17(4,5)6/h7-8,11H,1-6H3,(H,18,22)(H,19,20,21). The highest BCUT2D eigenvalue weighted by molar-refractivity contribution is 7.22. The van der Waals surface area contributed by atoms with E-state index in [0.29, 0.717) is 5.13 Å². The average Bonchev–Trinajstić information content (AvgIpc) is 2.80. The van der Waals surface area contributed by atoms with Gasteiger partial charge < -0.3 is 10.6 Å². The fourth-order valence-corrected chi connectivity index (χ4v) is 3.16. The lowest BCUT2D eigenvalue weighted by Gasteiger charge is -2.21. The molecule has 0 bridgehead atoms. The van der Waals surface area contributed by atoms with E-state index in [-0.39, 0.29) is 11.8 Å². The normalized spacial score (nSPS) is 13.0.